The second-order valence-corrected chi connectivity index (χ2v) is 8.76. The van der Waals surface area contributed by atoms with Crippen molar-refractivity contribution >= 4 is 21.1 Å². The molecule has 0 radical (unpaired) electrons. The number of hydrogen-bond donors (Lipinski definition) is 0. The summed E-state index contributed by atoms with van der Waals surface area (Å²) in [7, 11) is -3.09. The number of rotatable bonds is 5. The summed E-state index contributed by atoms with van der Waals surface area (Å²) in [4.78, 5) is 8.86. The third kappa shape index (κ3) is 3.63. The van der Waals surface area contributed by atoms with Crippen molar-refractivity contribution in [3.8, 4) is 0 Å². The highest BCUT2D eigenvalue weighted by Gasteiger charge is 2.26. The van der Waals surface area contributed by atoms with Crippen molar-refractivity contribution in [3.05, 3.63) is 42.3 Å². The number of nitrogens with zero attached hydrogens (tertiary/aromatic N) is 5. The summed E-state index contributed by atoms with van der Waals surface area (Å²) in [6.45, 7) is 1.63. The minimum absolute atomic E-state index is 0.371. The van der Waals surface area contributed by atoms with Crippen molar-refractivity contribution in [2.45, 2.75) is 25.8 Å². The molecule has 1 fully saturated rings. The molecule has 1 saturated heterocycles. The Morgan fingerprint density at radius 1 is 1.23 bits per heavy atom. The lowest BCUT2D eigenvalue weighted by Gasteiger charge is -2.29. The Morgan fingerprint density at radius 3 is 2.77 bits per heavy atom. The molecule has 0 atom stereocenters. The number of piperidine rings is 1. The normalized spacial score (nSPS) is 17.1. The van der Waals surface area contributed by atoms with Gasteiger partial charge in [0.15, 0.2) is 5.82 Å². The maximum absolute atomic E-state index is 11.6. The number of hydrogen-bond acceptors (Lipinski definition) is 6. The zero-order valence-electron chi connectivity index (χ0n) is 14.6. The predicted molar refractivity (Wildman–Crippen MR) is 96.0 cm³/mol. The molecule has 1 aliphatic heterocycles. The van der Waals surface area contributed by atoms with Gasteiger partial charge in [0.2, 0.25) is 15.9 Å². The fourth-order valence-corrected chi connectivity index (χ4v) is 4.29. The van der Waals surface area contributed by atoms with Gasteiger partial charge in [-0.1, -0.05) is 17.3 Å². The molecular formula is C17H21N5O3S. The van der Waals surface area contributed by atoms with Gasteiger partial charge in [-0.25, -0.2) is 17.7 Å². The predicted octanol–water partition coefficient (Wildman–Crippen LogP) is 1.68. The fraction of sp³-hybridized carbons (Fsp3) is 0.471. The molecule has 26 heavy (non-hydrogen) atoms. The van der Waals surface area contributed by atoms with E-state index in [4.69, 9.17) is 4.52 Å². The Hall–Kier alpha value is -2.26. The largest absolute Gasteiger partial charge is 0.339 e. The lowest BCUT2D eigenvalue weighted by molar-refractivity contribution is 0.255. The highest BCUT2D eigenvalue weighted by Crippen LogP contribution is 2.22. The van der Waals surface area contributed by atoms with Gasteiger partial charge < -0.3 is 9.09 Å². The fourth-order valence-electron chi connectivity index (χ4n) is 3.42. The van der Waals surface area contributed by atoms with Gasteiger partial charge in [-0.05, 0) is 30.9 Å². The van der Waals surface area contributed by atoms with Crippen molar-refractivity contribution in [3.63, 3.8) is 0 Å². The molecule has 0 saturated carbocycles. The van der Waals surface area contributed by atoms with E-state index in [1.807, 2.05) is 28.8 Å². The third-order valence-electron chi connectivity index (χ3n) is 4.86. The van der Waals surface area contributed by atoms with Gasteiger partial charge in [-0.15, -0.1) is 0 Å². The van der Waals surface area contributed by atoms with E-state index in [9.17, 15) is 8.42 Å². The summed E-state index contributed by atoms with van der Waals surface area (Å²) in [6.07, 6.45) is 5.36. The van der Waals surface area contributed by atoms with Crippen LogP contribution >= 0.6 is 0 Å². The molecule has 8 nitrogen and oxygen atoms in total. The molecule has 1 aliphatic rings. The van der Waals surface area contributed by atoms with Gasteiger partial charge in [0.1, 0.15) is 0 Å². The van der Waals surface area contributed by atoms with E-state index in [-0.39, 0.29) is 0 Å². The maximum atomic E-state index is 11.6. The molecule has 9 heteroatoms. The molecule has 0 aliphatic carbocycles. The van der Waals surface area contributed by atoms with Gasteiger partial charge in [-0.3, -0.25) is 0 Å². The smallest absolute Gasteiger partial charge is 0.226 e. The minimum atomic E-state index is -3.09. The zero-order chi connectivity index (χ0) is 18.1. The van der Waals surface area contributed by atoms with Gasteiger partial charge in [0.05, 0.1) is 30.2 Å². The molecule has 0 unspecified atom stereocenters. The van der Waals surface area contributed by atoms with Crippen LogP contribution in [0.1, 0.15) is 24.6 Å². The average Bonchev–Trinajstić information content (AvgIpc) is 3.22. The molecular weight excluding hydrogens is 354 g/mol. The first kappa shape index (κ1) is 17.2. The Kier molecular flexibility index (Phi) is 4.49. The molecule has 3 aromatic rings. The third-order valence-corrected chi connectivity index (χ3v) is 6.16. The monoisotopic (exact) mass is 375 g/mol. The van der Waals surface area contributed by atoms with E-state index in [1.54, 1.807) is 6.33 Å². The zero-order valence-corrected chi connectivity index (χ0v) is 15.4. The van der Waals surface area contributed by atoms with E-state index in [0.717, 1.165) is 23.9 Å². The Balaban J connectivity index is 1.38. The van der Waals surface area contributed by atoms with Gasteiger partial charge in [0, 0.05) is 19.5 Å². The minimum Gasteiger partial charge on any atom is -0.339 e. The molecule has 138 valence electrons. The van der Waals surface area contributed by atoms with E-state index in [2.05, 4.69) is 15.1 Å². The van der Waals surface area contributed by atoms with Crippen molar-refractivity contribution in [2.24, 2.45) is 5.92 Å². The van der Waals surface area contributed by atoms with Crippen LogP contribution in [0.4, 0.5) is 0 Å². The summed E-state index contributed by atoms with van der Waals surface area (Å²) in [6, 6.07) is 7.92. The highest BCUT2D eigenvalue weighted by atomic mass is 32.2. The van der Waals surface area contributed by atoms with Gasteiger partial charge in [-0.2, -0.15) is 4.98 Å². The summed E-state index contributed by atoms with van der Waals surface area (Å²) < 4.78 is 32.1. The SMILES string of the molecule is CS(=O)(=O)N1CCC(Cc2nc(Cn3cnc4ccccc43)no2)CC1. The van der Waals surface area contributed by atoms with Crippen LogP contribution in [0.25, 0.3) is 11.0 Å². The number of para-hydroxylation sites is 2. The van der Waals surface area contributed by atoms with Gasteiger partial charge >= 0.3 is 0 Å². The van der Waals surface area contributed by atoms with E-state index >= 15 is 0 Å². The Bertz CT molecular complexity index is 1000. The number of fused-ring (bicyclic) bond motifs is 1. The molecule has 3 heterocycles. The highest BCUT2D eigenvalue weighted by molar-refractivity contribution is 7.88. The standard InChI is InChI=1S/C17H21N5O3S/c1-26(23,24)22-8-6-13(7-9-22)10-17-19-16(20-25-17)11-21-12-18-14-4-2-3-5-15(14)21/h2-5,12-13H,6-11H2,1H3. The van der Waals surface area contributed by atoms with Crippen LogP contribution in [0.15, 0.2) is 35.1 Å². The molecule has 0 bridgehead atoms. The van der Waals surface area contributed by atoms with Crippen LogP contribution in [-0.2, 0) is 23.0 Å². The molecule has 4 rings (SSSR count). The molecule has 0 spiro atoms. The van der Waals surface area contributed by atoms with Crippen LogP contribution in [-0.4, -0.2) is 51.8 Å². The van der Waals surface area contributed by atoms with Crippen molar-refractivity contribution < 1.29 is 12.9 Å². The lowest BCUT2D eigenvalue weighted by atomic mass is 9.95. The first-order chi connectivity index (χ1) is 12.5. The maximum Gasteiger partial charge on any atom is 0.226 e. The second-order valence-electron chi connectivity index (χ2n) is 6.78. The van der Waals surface area contributed by atoms with Crippen molar-refractivity contribution in [1.29, 1.82) is 0 Å². The molecule has 2 aromatic heterocycles. The lowest BCUT2D eigenvalue weighted by Crippen LogP contribution is -2.38. The summed E-state index contributed by atoms with van der Waals surface area (Å²) >= 11 is 0. The number of aromatic nitrogens is 4. The number of sulfonamides is 1. The van der Waals surface area contributed by atoms with Crippen molar-refractivity contribution in [1.82, 2.24) is 24.0 Å². The summed E-state index contributed by atoms with van der Waals surface area (Å²) in [5, 5.41) is 4.08. The van der Waals surface area contributed by atoms with E-state index in [0.29, 0.717) is 43.7 Å². The van der Waals surface area contributed by atoms with Crippen LogP contribution in [0.3, 0.4) is 0 Å². The molecule has 0 amide bonds. The summed E-state index contributed by atoms with van der Waals surface area (Å²) in [5.74, 6) is 1.61. The average molecular weight is 375 g/mol. The first-order valence-electron chi connectivity index (χ1n) is 8.65. The van der Waals surface area contributed by atoms with E-state index in [1.165, 1.54) is 10.6 Å². The number of imidazole rings is 1. The van der Waals surface area contributed by atoms with Crippen LogP contribution in [0, 0.1) is 5.92 Å². The second kappa shape index (κ2) is 6.81. The van der Waals surface area contributed by atoms with Crippen LogP contribution in [0.2, 0.25) is 0 Å². The van der Waals surface area contributed by atoms with Gasteiger partial charge in [0.25, 0.3) is 0 Å². The molecule has 0 N–H and O–H groups in total. The molecule has 1 aromatic carbocycles. The first-order valence-corrected chi connectivity index (χ1v) is 10.5. The topological polar surface area (TPSA) is 94.1 Å². The van der Waals surface area contributed by atoms with Crippen molar-refractivity contribution in [2.75, 3.05) is 19.3 Å². The number of benzene rings is 1. The Labute approximate surface area is 151 Å². The Morgan fingerprint density at radius 2 is 2.00 bits per heavy atom. The van der Waals surface area contributed by atoms with Crippen LogP contribution in [0.5, 0.6) is 0 Å². The van der Waals surface area contributed by atoms with E-state index < -0.39 is 10.0 Å². The summed E-state index contributed by atoms with van der Waals surface area (Å²) in [5.41, 5.74) is 1.97. The quantitative estimate of drug-likeness (QED) is 0.673. The van der Waals surface area contributed by atoms with Crippen LogP contribution < -0.4 is 0 Å².